The molecule has 1 aliphatic heterocycles. The highest BCUT2D eigenvalue weighted by Gasteiger charge is 2.22. The van der Waals surface area contributed by atoms with Crippen molar-refractivity contribution in [3.8, 4) is 0 Å². The van der Waals surface area contributed by atoms with E-state index in [2.05, 4.69) is 25.8 Å². The number of H-pyrrole nitrogens is 1. The first-order valence-corrected chi connectivity index (χ1v) is 6.51. The number of aromatic nitrogens is 4. The molecule has 0 unspecified atom stereocenters. The molecule has 2 aromatic heterocycles. The second-order valence-electron chi connectivity index (χ2n) is 4.67. The molecule has 112 valence electrons. The first kappa shape index (κ1) is 13.7. The van der Waals surface area contributed by atoms with Gasteiger partial charge in [0, 0.05) is 43.2 Å². The van der Waals surface area contributed by atoms with E-state index in [4.69, 9.17) is 0 Å². The summed E-state index contributed by atoms with van der Waals surface area (Å²) < 4.78 is 26.0. The van der Waals surface area contributed by atoms with Gasteiger partial charge in [0.2, 0.25) is 0 Å². The summed E-state index contributed by atoms with van der Waals surface area (Å²) in [5.41, 5.74) is 2.07. The Kier molecular flexibility index (Phi) is 3.65. The number of nitrogens with zero attached hydrogens (tertiary/aromatic N) is 3. The number of hydrogen-bond acceptors (Lipinski definition) is 4. The van der Waals surface area contributed by atoms with Gasteiger partial charge in [0.15, 0.2) is 5.69 Å². The summed E-state index contributed by atoms with van der Waals surface area (Å²) in [5.74, 6) is -0.305. The SMILES string of the molecule is O=C(NCc1nccn1C(F)F)c1n[nH]c2c1CNCC2. The molecule has 0 saturated heterocycles. The van der Waals surface area contributed by atoms with E-state index < -0.39 is 12.5 Å². The Labute approximate surface area is 118 Å². The van der Waals surface area contributed by atoms with E-state index in [1.54, 1.807) is 0 Å². The minimum absolute atomic E-state index is 0.0781. The number of halogens is 2. The lowest BCUT2D eigenvalue weighted by molar-refractivity contribution is 0.0660. The molecule has 0 saturated carbocycles. The van der Waals surface area contributed by atoms with Gasteiger partial charge in [-0.3, -0.25) is 14.5 Å². The van der Waals surface area contributed by atoms with Crippen LogP contribution < -0.4 is 10.6 Å². The molecule has 0 aromatic carbocycles. The molecule has 0 bridgehead atoms. The quantitative estimate of drug-likeness (QED) is 0.770. The average Bonchev–Trinajstić information content (AvgIpc) is 3.11. The van der Waals surface area contributed by atoms with Gasteiger partial charge in [0.1, 0.15) is 5.82 Å². The number of rotatable bonds is 4. The van der Waals surface area contributed by atoms with Crippen LogP contribution in [-0.4, -0.2) is 32.2 Å². The Morgan fingerprint density at radius 2 is 2.38 bits per heavy atom. The van der Waals surface area contributed by atoms with E-state index in [1.807, 2.05) is 0 Å². The second kappa shape index (κ2) is 5.60. The lowest BCUT2D eigenvalue weighted by Crippen LogP contribution is -2.29. The van der Waals surface area contributed by atoms with E-state index in [-0.39, 0.29) is 12.4 Å². The number of fused-ring (bicyclic) bond motifs is 1. The Morgan fingerprint density at radius 1 is 1.52 bits per heavy atom. The number of alkyl halides is 2. The molecule has 9 heteroatoms. The van der Waals surface area contributed by atoms with Crippen molar-refractivity contribution in [1.82, 2.24) is 30.4 Å². The summed E-state index contributed by atoms with van der Waals surface area (Å²) in [6, 6.07) is 0. The molecule has 0 radical (unpaired) electrons. The molecule has 3 heterocycles. The highest BCUT2D eigenvalue weighted by atomic mass is 19.3. The molecular formula is C12H14F2N6O. The summed E-state index contributed by atoms with van der Waals surface area (Å²) in [6.45, 7) is -1.35. The van der Waals surface area contributed by atoms with Gasteiger partial charge in [-0.05, 0) is 0 Å². The molecule has 7 nitrogen and oxygen atoms in total. The third-order valence-electron chi connectivity index (χ3n) is 3.39. The third-order valence-corrected chi connectivity index (χ3v) is 3.39. The van der Waals surface area contributed by atoms with Crippen LogP contribution in [-0.2, 0) is 19.5 Å². The molecule has 0 spiro atoms. The first-order chi connectivity index (χ1) is 10.2. The van der Waals surface area contributed by atoms with Crippen LogP contribution in [0.3, 0.4) is 0 Å². The normalized spacial score (nSPS) is 14.2. The van der Waals surface area contributed by atoms with Crippen molar-refractivity contribution in [3.63, 3.8) is 0 Å². The van der Waals surface area contributed by atoms with Crippen LogP contribution >= 0.6 is 0 Å². The van der Waals surface area contributed by atoms with E-state index in [9.17, 15) is 13.6 Å². The van der Waals surface area contributed by atoms with Gasteiger partial charge in [0.25, 0.3) is 5.91 Å². The van der Waals surface area contributed by atoms with Gasteiger partial charge in [-0.25, -0.2) is 4.98 Å². The van der Waals surface area contributed by atoms with Gasteiger partial charge in [-0.15, -0.1) is 0 Å². The minimum Gasteiger partial charge on any atom is -0.343 e. The topological polar surface area (TPSA) is 87.6 Å². The van der Waals surface area contributed by atoms with Crippen molar-refractivity contribution >= 4 is 5.91 Å². The number of amides is 1. The van der Waals surface area contributed by atoms with Crippen molar-refractivity contribution in [3.05, 3.63) is 35.2 Å². The van der Waals surface area contributed by atoms with Crippen LogP contribution in [0.15, 0.2) is 12.4 Å². The lowest BCUT2D eigenvalue weighted by atomic mass is 10.1. The zero-order valence-corrected chi connectivity index (χ0v) is 11.1. The number of carbonyl (C=O) groups is 1. The maximum Gasteiger partial charge on any atom is 0.319 e. The fourth-order valence-electron chi connectivity index (χ4n) is 2.31. The molecular weight excluding hydrogens is 282 g/mol. The largest absolute Gasteiger partial charge is 0.343 e. The maximum absolute atomic E-state index is 12.7. The highest BCUT2D eigenvalue weighted by Crippen LogP contribution is 2.16. The van der Waals surface area contributed by atoms with Gasteiger partial charge >= 0.3 is 6.55 Å². The van der Waals surface area contributed by atoms with Gasteiger partial charge in [-0.2, -0.15) is 13.9 Å². The predicted octanol–water partition coefficient (Wildman–Crippen LogP) is 0.577. The highest BCUT2D eigenvalue weighted by molar-refractivity contribution is 5.93. The molecule has 3 rings (SSSR count). The van der Waals surface area contributed by atoms with E-state index >= 15 is 0 Å². The van der Waals surface area contributed by atoms with Crippen LogP contribution in [0.4, 0.5) is 8.78 Å². The van der Waals surface area contributed by atoms with E-state index in [0.717, 1.165) is 24.2 Å². The fraction of sp³-hybridized carbons (Fsp3) is 0.417. The standard InChI is InChI=1S/C12H14F2N6O/c13-12(14)20-4-3-16-9(20)6-17-11(21)10-7-5-15-2-1-8(7)18-19-10/h3-4,12,15H,1-2,5-6H2,(H,17,21)(H,18,19). The van der Waals surface area contributed by atoms with Crippen LogP contribution in [0.1, 0.15) is 34.1 Å². The monoisotopic (exact) mass is 296 g/mol. The van der Waals surface area contributed by atoms with Crippen molar-refractivity contribution in [2.45, 2.75) is 26.1 Å². The molecule has 0 aliphatic carbocycles. The van der Waals surface area contributed by atoms with Gasteiger partial charge in [-0.1, -0.05) is 0 Å². The summed E-state index contributed by atoms with van der Waals surface area (Å²) in [4.78, 5) is 15.9. The van der Waals surface area contributed by atoms with Crippen molar-refractivity contribution in [1.29, 1.82) is 0 Å². The first-order valence-electron chi connectivity index (χ1n) is 6.51. The summed E-state index contributed by atoms with van der Waals surface area (Å²) in [5, 5.41) is 12.6. The van der Waals surface area contributed by atoms with Crippen LogP contribution in [0.25, 0.3) is 0 Å². The lowest BCUT2D eigenvalue weighted by Gasteiger charge is -2.13. The number of hydrogen-bond donors (Lipinski definition) is 3. The molecule has 0 fully saturated rings. The molecule has 21 heavy (non-hydrogen) atoms. The summed E-state index contributed by atoms with van der Waals surface area (Å²) in [7, 11) is 0. The van der Waals surface area contributed by atoms with Gasteiger partial charge < -0.3 is 10.6 Å². The summed E-state index contributed by atoms with van der Waals surface area (Å²) >= 11 is 0. The zero-order chi connectivity index (χ0) is 14.8. The van der Waals surface area contributed by atoms with Gasteiger partial charge in [0.05, 0.1) is 6.54 Å². The Balaban J connectivity index is 1.69. The Hall–Kier alpha value is -2.29. The summed E-state index contributed by atoms with van der Waals surface area (Å²) in [6.07, 6.45) is 3.23. The molecule has 0 atom stereocenters. The second-order valence-corrected chi connectivity index (χ2v) is 4.67. The fourth-order valence-corrected chi connectivity index (χ4v) is 2.31. The van der Waals surface area contributed by atoms with Crippen LogP contribution in [0, 0.1) is 0 Å². The average molecular weight is 296 g/mol. The molecule has 1 aliphatic rings. The Bertz CT molecular complexity index is 650. The van der Waals surface area contributed by atoms with Crippen molar-refractivity contribution in [2.75, 3.05) is 6.54 Å². The van der Waals surface area contributed by atoms with Crippen LogP contribution in [0.2, 0.25) is 0 Å². The minimum atomic E-state index is -2.68. The number of carbonyl (C=O) groups excluding carboxylic acids is 1. The van der Waals surface area contributed by atoms with Crippen molar-refractivity contribution in [2.24, 2.45) is 0 Å². The predicted molar refractivity (Wildman–Crippen MR) is 68.6 cm³/mol. The van der Waals surface area contributed by atoms with E-state index in [0.29, 0.717) is 16.8 Å². The molecule has 3 N–H and O–H groups in total. The van der Waals surface area contributed by atoms with Crippen molar-refractivity contribution < 1.29 is 13.6 Å². The smallest absolute Gasteiger partial charge is 0.319 e. The zero-order valence-electron chi connectivity index (χ0n) is 11.1. The number of nitrogens with one attached hydrogen (secondary N) is 3. The number of aromatic amines is 1. The van der Waals surface area contributed by atoms with E-state index in [1.165, 1.54) is 12.4 Å². The number of imidazole rings is 1. The maximum atomic E-state index is 12.7. The van der Waals surface area contributed by atoms with Crippen LogP contribution in [0.5, 0.6) is 0 Å². The molecule has 2 aromatic rings. The third kappa shape index (κ3) is 2.64. The molecule has 1 amide bonds. The Morgan fingerprint density at radius 3 is 3.19 bits per heavy atom.